The number of carboxylic acids is 1. The summed E-state index contributed by atoms with van der Waals surface area (Å²) >= 11 is 1.30. The smallest absolute Gasteiger partial charge is 1.00 e. The van der Waals surface area contributed by atoms with Gasteiger partial charge in [-0.3, -0.25) is 14.2 Å². The number of fused-ring (bicyclic) bond motifs is 1. The van der Waals surface area contributed by atoms with Crippen LogP contribution in [0.1, 0.15) is 40.0 Å². The molecule has 0 saturated carbocycles. The van der Waals surface area contributed by atoms with Crippen LogP contribution in [0, 0.1) is 0 Å². The summed E-state index contributed by atoms with van der Waals surface area (Å²) in [6, 6.07) is 7.87. The van der Waals surface area contributed by atoms with Gasteiger partial charge < -0.3 is 6.53 Å². The molecule has 0 spiro atoms. The van der Waals surface area contributed by atoms with Crippen molar-refractivity contribution >= 4 is 27.5 Å². The fourth-order valence-corrected chi connectivity index (χ4v) is 3.22. The Bertz CT molecular complexity index is 641. The van der Waals surface area contributed by atoms with Gasteiger partial charge in [0.1, 0.15) is 0 Å². The number of hydrogen-bond donors (Lipinski definition) is 1. The molecule has 0 aliphatic carbocycles. The van der Waals surface area contributed by atoms with Crippen LogP contribution >= 0.6 is 11.3 Å². The van der Waals surface area contributed by atoms with Gasteiger partial charge in [0.05, 0.1) is 10.2 Å². The molecule has 110 valence electrons. The zero-order valence-corrected chi connectivity index (χ0v) is 15.2. The van der Waals surface area contributed by atoms with E-state index in [1.54, 1.807) is 0 Å². The second kappa shape index (κ2) is 9.41. The monoisotopic (exact) mass is 317 g/mol. The van der Waals surface area contributed by atoms with E-state index in [1.165, 1.54) is 11.3 Å². The zero-order valence-electron chi connectivity index (χ0n) is 13.4. The van der Waals surface area contributed by atoms with Crippen LogP contribution in [0.3, 0.4) is 0 Å². The molecular formula is C15H20NNaO3S. The average Bonchev–Trinajstić information content (AvgIpc) is 2.73. The summed E-state index contributed by atoms with van der Waals surface area (Å²) < 4.78 is 2.89. The second-order valence-electron chi connectivity index (χ2n) is 4.90. The number of carbonyl (C=O) groups is 1. The SMILES string of the molecule is O=C(O)CCCCCCCn1c(=O)sc2ccccc21.[H-].[Na+]. The molecule has 1 aromatic carbocycles. The Balaban J connectivity index is 0.00000220. The average molecular weight is 317 g/mol. The quantitative estimate of drug-likeness (QED) is 0.573. The number of rotatable bonds is 8. The molecule has 4 nitrogen and oxygen atoms in total. The van der Waals surface area contributed by atoms with Crippen LogP contribution < -0.4 is 34.4 Å². The van der Waals surface area contributed by atoms with Crippen LogP contribution in [-0.2, 0) is 11.3 Å². The summed E-state index contributed by atoms with van der Waals surface area (Å²) in [4.78, 5) is 22.4. The summed E-state index contributed by atoms with van der Waals surface area (Å²) in [7, 11) is 0. The number of aryl methyl sites for hydroxylation is 1. The van der Waals surface area contributed by atoms with Crippen LogP contribution in [0.4, 0.5) is 0 Å². The Hall–Kier alpha value is -0.620. The molecule has 0 atom stereocenters. The van der Waals surface area contributed by atoms with E-state index in [9.17, 15) is 9.59 Å². The van der Waals surface area contributed by atoms with E-state index >= 15 is 0 Å². The molecule has 2 aromatic rings. The van der Waals surface area contributed by atoms with Crippen molar-refractivity contribution in [2.75, 3.05) is 0 Å². The Labute approximate surface area is 151 Å². The second-order valence-corrected chi connectivity index (χ2v) is 5.89. The Morgan fingerprint density at radius 1 is 1.14 bits per heavy atom. The minimum Gasteiger partial charge on any atom is -1.00 e. The number of benzene rings is 1. The predicted octanol–water partition coefficient (Wildman–Crippen LogP) is 0.605. The largest absolute Gasteiger partial charge is 1.00 e. The van der Waals surface area contributed by atoms with Crippen molar-refractivity contribution in [3.05, 3.63) is 33.9 Å². The van der Waals surface area contributed by atoms with E-state index in [-0.39, 0.29) is 42.3 Å². The molecular weight excluding hydrogens is 297 g/mol. The molecule has 0 saturated heterocycles. The molecule has 0 aliphatic rings. The molecule has 0 amide bonds. The van der Waals surface area contributed by atoms with Crippen molar-refractivity contribution in [2.24, 2.45) is 0 Å². The van der Waals surface area contributed by atoms with Crippen molar-refractivity contribution < 1.29 is 40.9 Å². The third-order valence-electron chi connectivity index (χ3n) is 3.35. The topological polar surface area (TPSA) is 59.3 Å². The fraction of sp³-hybridized carbons (Fsp3) is 0.467. The molecule has 1 N–H and O–H groups in total. The normalized spacial score (nSPS) is 10.5. The van der Waals surface area contributed by atoms with Crippen molar-refractivity contribution in [3.8, 4) is 0 Å². The van der Waals surface area contributed by atoms with Gasteiger partial charge in [-0.2, -0.15) is 0 Å². The number of hydrogen-bond acceptors (Lipinski definition) is 3. The van der Waals surface area contributed by atoms with Gasteiger partial charge in [0.15, 0.2) is 0 Å². The molecule has 6 heteroatoms. The third kappa shape index (κ3) is 5.58. The first-order valence-electron chi connectivity index (χ1n) is 6.98. The van der Waals surface area contributed by atoms with Gasteiger partial charge in [0, 0.05) is 13.0 Å². The molecule has 0 fully saturated rings. The van der Waals surface area contributed by atoms with Crippen LogP contribution in [-0.4, -0.2) is 15.6 Å². The molecule has 0 radical (unpaired) electrons. The maximum atomic E-state index is 11.9. The number of aliphatic carboxylic acids is 1. The summed E-state index contributed by atoms with van der Waals surface area (Å²) in [5, 5.41) is 8.54. The first kappa shape index (κ1) is 18.4. The number of aromatic nitrogens is 1. The predicted molar refractivity (Wildman–Crippen MR) is 82.5 cm³/mol. The fourth-order valence-electron chi connectivity index (χ4n) is 2.30. The van der Waals surface area contributed by atoms with Gasteiger partial charge in [-0.1, -0.05) is 42.7 Å². The van der Waals surface area contributed by atoms with Gasteiger partial charge in [-0.25, -0.2) is 0 Å². The molecule has 0 bridgehead atoms. The summed E-state index contributed by atoms with van der Waals surface area (Å²) in [5.74, 6) is -0.721. The van der Waals surface area contributed by atoms with Gasteiger partial charge in [-0.05, 0) is 25.0 Å². The standard InChI is InChI=1S/C15H19NO3S.Na.H/c17-14(18)10-4-2-1-3-7-11-16-12-8-5-6-9-13(12)20-15(16)19;;/h5-6,8-9H,1-4,7,10-11H2,(H,17,18);;/q;+1;-1. The van der Waals surface area contributed by atoms with Gasteiger partial charge in [-0.15, -0.1) is 0 Å². The minimum absolute atomic E-state index is 0. The van der Waals surface area contributed by atoms with E-state index in [2.05, 4.69) is 0 Å². The van der Waals surface area contributed by atoms with Crippen molar-refractivity contribution in [3.63, 3.8) is 0 Å². The molecule has 1 aromatic heterocycles. The maximum absolute atomic E-state index is 11.9. The van der Waals surface area contributed by atoms with Gasteiger partial charge >= 0.3 is 40.4 Å². The Kier molecular flexibility index (Phi) is 8.26. The first-order valence-corrected chi connectivity index (χ1v) is 7.80. The van der Waals surface area contributed by atoms with E-state index in [0.29, 0.717) is 0 Å². The van der Waals surface area contributed by atoms with Gasteiger partial charge in [0.2, 0.25) is 0 Å². The van der Waals surface area contributed by atoms with E-state index in [4.69, 9.17) is 5.11 Å². The molecule has 0 unspecified atom stereocenters. The number of carboxylic acid groups (broad SMARTS) is 1. The Morgan fingerprint density at radius 2 is 1.81 bits per heavy atom. The molecule has 2 rings (SSSR count). The van der Waals surface area contributed by atoms with Crippen LogP contribution in [0.25, 0.3) is 10.2 Å². The number of thiazole rings is 1. The van der Waals surface area contributed by atoms with Gasteiger partial charge in [0.25, 0.3) is 0 Å². The van der Waals surface area contributed by atoms with E-state index in [0.717, 1.165) is 48.9 Å². The maximum Gasteiger partial charge on any atom is 1.00 e. The first-order chi connectivity index (χ1) is 9.68. The number of nitrogens with zero attached hydrogens (tertiary/aromatic N) is 1. The summed E-state index contributed by atoms with van der Waals surface area (Å²) in [6.07, 6.45) is 4.99. The van der Waals surface area contributed by atoms with Crippen molar-refractivity contribution in [2.45, 2.75) is 45.1 Å². The van der Waals surface area contributed by atoms with Crippen LogP contribution in [0.15, 0.2) is 29.1 Å². The summed E-state index contributed by atoms with van der Waals surface area (Å²) in [5.41, 5.74) is 1.02. The van der Waals surface area contributed by atoms with Crippen molar-refractivity contribution in [1.82, 2.24) is 4.57 Å². The number of para-hydroxylation sites is 1. The minimum atomic E-state index is -0.721. The van der Waals surface area contributed by atoms with Crippen LogP contribution in [0.5, 0.6) is 0 Å². The Morgan fingerprint density at radius 3 is 2.57 bits per heavy atom. The molecule has 1 heterocycles. The zero-order chi connectivity index (χ0) is 14.4. The third-order valence-corrected chi connectivity index (χ3v) is 4.31. The summed E-state index contributed by atoms with van der Waals surface area (Å²) in [6.45, 7) is 0.752. The van der Waals surface area contributed by atoms with Crippen LogP contribution in [0.2, 0.25) is 0 Å². The molecule has 21 heavy (non-hydrogen) atoms. The van der Waals surface area contributed by atoms with Crippen molar-refractivity contribution in [1.29, 1.82) is 0 Å². The molecule has 0 aliphatic heterocycles. The van der Waals surface area contributed by atoms with E-state index < -0.39 is 5.97 Å². The number of unbranched alkanes of at least 4 members (excludes halogenated alkanes) is 4. The van der Waals surface area contributed by atoms with E-state index in [1.807, 2.05) is 28.8 Å².